The van der Waals surface area contributed by atoms with Crippen molar-refractivity contribution in [3.8, 4) is 5.69 Å². The van der Waals surface area contributed by atoms with Crippen molar-refractivity contribution in [2.45, 2.75) is 6.54 Å². The van der Waals surface area contributed by atoms with E-state index in [9.17, 15) is 4.79 Å². The molecule has 0 radical (unpaired) electrons. The lowest BCUT2D eigenvalue weighted by Crippen LogP contribution is -2.22. The first-order valence-corrected chi connectivity index (χ1v) is 7.71. The Labute approximate surface area is 143 Å². The molecule has 0 aliphatic rings. The summed E-state index contributed by atoms with van der Waals surface area (Å²) in [6, 6.07) is 14.6. The monoisotopic (exact) mass is 345 g/mol. The number of carbonyl (C=O) groups excluding carboxylic acids is 1. The maximum Gasteiger partial charge on any atom is 0.254 e. The van der Waals surface area contributed by atoms with Gasteiger partial charge in [-0.15, -0.1) is 0 Å². The number of carbonyl (C=O) groups is 1. The van der Waals surface area contributed by atoms with Crippen molar-refractivity contribution in [2.24, 2.45) is 0 Å². The fourth-order valence-corrected chi connectivity index (χ4v) is 2.42. The standard InChI is InChI=1S/C17H13Cl2N3O/c18-14-5-7-15(8-6-14)22-11-13(10-21-22)17(23)20-9-12-3-1-2-4-16(12)19/h1-8,10-11H,9H2,(H,20,23). The lowest BCUT2D eigenvalue weighted by Gasteiger charge is -2.05. The van der Waals surface area contributed by atoms with E-state index >= 15 is 0 Å². The molecule has 3 rings (SSSR count). The zero-order valence-electron chi connectivity index (χ0n) is 12.0. The van der Waals surface area contributed by atoms with Crippen molar-refractivity contribution < 1.29 is 4.79 Å². The Morgan fingerprint density at radius 2 is 1.83 bits per heavy atom. The highest BCUT2D eigenvalue weighted by atomic mass is 35.5. The molecule has 4 nitrogen and oxygen atoms in total. The Morgan fingerprint density at radius 3 is 2.57 bits per heavy atom. The van der Waals surface area contributed by atoms with E-state index in [2.05, 4.69) is 10.4 Å². The van der Waals surface area contributed by atoms with E-state index in [0.29, 0.717) is 22.2 Å². The molecule has 23 heavy (non-hydrogen) atoms. The largest absolute Gasteiger partial charge is 0.348 e. The number of hydrogen-bond acceptors (Lipinski definition) is 2. The van der Waals surface area contributed by atoms with Crippen molar-refractivity contribution in [2.75, 3.05) is 0 Å². The average Bonchev–Trinajstić information content (AvgIpc) is 3.04. The molecule has 0 saturated heterocycles. The van der Waals surface area contributed by atoms with Crippen molar-refractivity contribution >= 4 is 29.1 Å². The Balaban J connectivity index is 1.69. The highest BCUT2D eigenvalue weighted by Crippen LogP contribution is 2.15. The minimum Gasteiger partial charge on any atom is -0.348 e. The van der Waals surface area contributed by atoms with Crippen LogP contribution in [0.1, 0.15) is 15.9 Å². The fourth-order valence-electron chi connectivity index (χ4n) is 2.09. The number of rotatable bonds is 4. The van der Waals surface area contributed by atoms with Gasteiger partial charge in [0, 0.05) is 22.8 Å². The summed E-state index contributed by atoms with van der Waals surface area (Å²) >= 11 is 11.9. The molecule has 3 aromatic rings. The van der Waals surface area contributed by atoms with Gasteiger partial charge in [0.15, 0.2) is 0 Å². The summed E-state index contributed by atoms with van der Waals surface area (Å²) in [5, 5.41) is 8.31. The molecule has 1 N–H and O–H groups in total. The van der Waals surface area contributed by atoms with Crippen LogP contribution in [0.25, 0.3) is 5.69 Å². The molecule has 0 aliphatic heterocycles. The third-order valence-corrected chi connectivity index (χ3v) is 3.95. The number of halogens is 2. The van der Waals surface area contributed by atoms with Crippen LogP contribution in [0.4, 0.5) is 0 Å². The summed E-state index contributed by atoms with van der Waals surface area (Å²) in [5.74, 6) is -0.204. The van der Waals surface area contributed by atoms with Crippen molar-refractivity contribution in [3.63, 3.8) is 0 Å². The van der Waals surface area contributed by atoms with Crippen LogP contribution in [0.2, 0.25) is 10.0 Å². The maximum absolute atomic E-state index is 12.2. The van der Waals surface area contributed by atoms with Crippen molar-refractivity contribution in [1.29, 1.82) is 0 Å². The van der Waals surface area contributed by atoms with Crippen LogP contribution >= 0.6 is 23.2 Å². The summed E-state index contributed by atoms with van der Waals surface area (Å²) in [5.41, 5.74) is 2.18. The van der Waals surface area contributed by atoms with Crippen LogP contribution in [0, 0.1) is 0 Å². The number of nitrogens with zero attached hydrogens (tertiary/aromatic N) is 2. The van der Waals surface area contributed by atoms with Crippen LogP contribution in [-0.2, 0) is 6.54 Å². The van der Waals surface area contributed by atoms with E-state index in [1.54, 1.807) is 29.1 Å². The van der Waals surface area contributed by atoms with Crippen LogP contribution in [0.15, 0.2) is 60.9 Å². The van der Waals surface area contributed by atoms with Gasteiger partial charge in [0.1, 0.15) is 0 Å². The summed E-state index contributed by atoms with van der Waals surface area (Å²) in [6.45, 7) is 0.366. The van der Waals surface area contributed by atoms with Gasteiger partial charge in [-0.2, -0.15) is 5.10 Å². The third-order valence-electron chi connectivity index (χ3n) is 3.33. The van der Waals surface area contributed by atoms with Crippen LogP contribution in [-0.4, -0.2) is 15.7 Å². The summed E-state index contributed by atoms with van der Waals surface area (Å²) in [6.07, 6.45) is 3.20. The molecule has 6 heteroatoms. The topological polar surface area (TPSA) is 46.9 Å². The zero-order valence-corrected chi connectivity index (χ0v) is 13.6. The van der Waals surface area contributed by atoms with E-state index in [1.807, 2.05) is 30.3 Å². The minimum absolute atomic E-state index is 0.204. The first-order chi connectivity index (χ1) is 11.1. The van der Waals surface area contributed by atoms with Gasteiger partial charge in [-0.3, -0.25) is 4.79 Å². The second kappa shape index (κ2) is 6.86. The lowest BCUT2D eigenvalue weighted by atomic mass is 10.2. The van der Waals surface area contributed by atoms with Crippen molar-refractivity contribution in [3.05, 3.63) is 82.1 Å². The van der Waals surface area contributed by atoms with Gasteiger partial charge in [-0.25, -0.2) is 4.68 Å². The first kappa shape index (κ1) is 15.6. The highest BCUT2D eigenvalue weighted by molar-refractivity contribution is 6.31. The molecule has 0 atom stereocenters. The van der Waals surface area contributed by atoms with Crippen LogP contribution in [0.3, 0.4) is 0 Å². The number of amides is 1. The Morgan fingerprint density at radius 1 is 1.09 bits per heavy atom. The molecule has 0 bridgehead atoms. The van der Waals surface area contributed by atoms with E-state index < -0.39 is 0 Å². The Kier molecular flexibility index (Phi) is 4.65. The van der Waals surface area contributed by atoms with Gasteiger partial charge in [0.25, 0.3) is 5.91 Å². The molecule has 0 aliphatic carbocycles. The molecule has 1 amide bonds. The molecule has 0 saturated carbocycles. The zero-order chi connectivity index (χ0) is 16.2. The van der Waals surface area contributed by atoms with E-state index in [4.69, 9.17) is 23.2 Å². The quantitative estimate of drug-likeness (QED) is 0.773. The number of aromatic nitrogens is 2. The molecule has 0 spiro atoms. The molecular formula is C17H13Cl2N3O. The van der Waals surface area contributed by atoms with Crippen LogP contribution < -0.4 is 5.32 Å². The second-order valence-corrected chi connectivity index (χ2v) is 5.77. The normalized spacial score (nSPS) is 10.5. The van der Waals surface area contributed by atoms with Gasteiger partial charge < -0.3 is 5.32 Å². The Bertz CT molecular complexity index is 828. The fraction of sp³-hybridized carbons (Fsp3) is 0.0588. The predicted molar refractivity (Wildman–Crippen MR) is 91.2 cm³/mol. The maximum atomic E-state index is 12.2. The molecular weight excluding hydrogens is 333 g/mol. The molecule has 2 aromatic carbocycles. The number of nitrogens with one attached hydrogen (secondary N) is 1. The molecule has 0 fully saturated rings. The van der Waals surface area contributed by atoms with Gasteiger partial charge in [-0.05, 0) is 35.9 Å². The number of benzene rings is 2. The average molecular weight is 346 g/mol. The molecule has 1 aromatic heterocycles. The molecule has 0 unspecified atom stereocenters. The number of hydrogen-bond donors (Lipinski definition) is 1. The van der Waals surface area contributed by atoms with E-state index in [0.717, 1.165) is 11.3 Å². The Hall–Kier alpha value is -2.30. The molecule has 116 valence electrons. The molecule has 1 heterocycles. The minimum atomic E-state index is -0.204. The van der Waals surface area contributed by atoms with Gasteiger partial charge >= 0.3 is 0 Å². The second-order valence-electron chi connectivity index (χ2n) is 4.92. The van der Waals surface area contributed by atoms with Gasteiger partial charge in [0.05, 0.1) is 17.4 Å². The third kappa shape index (κ3) is 3.73. The van der Waals surface area contributed by atoms with Gasteiger partial charge in [-0.1, -0.05) is 41.4 Å². The van der Waals surface area contributed by atoms with E-state index in [1.165, 1.54) is 6.20 Å². The van der Waals surface area contributed by atoms with E-state index in [-0.39, 0.29) is 5.91 Å². The summed E-state index contributed by atoms with van der Waals surface area (Å²) in [4.78, 5) is 12.2. The predicted octanol–water partition coefficient (Wildman–Crippen LogP) is 4.11. The van der Waals surface area contributed by atoms with Gasteiger partial charge in [0.2, 0.25) is 0 Å². The SMILES string of the molecule is O=C(NCc1ccccc1Cl)c1cnn(-c2ccc(Cl)cc2)c1. The lowest BCUT2D eigenvalue weighted by molar-refractivity contribution is 0.0951. The summed E-state index contributed by atoms with van der Waals surface area (Å²) in [7, 11) is 0. The van der Waals surface area contributed by atoms with Crippen molar-refractivity contribution in [1.82, 2.24) is 15.1 Å². The smallest absolute Gasteiger partial charge is 0.254 e. The van der Waals surface area contributed by atoms with Crippen LogP contribution in [0.5, 0.6) is 0 Å². The summed E-state index contributed by atoms with van der Waals surface area (Å²) < 4.78 is 1.63. The first-order valence-electron chi connectivity index (χ1n) is 6.96. The highest BCUT2D eigenvalue weighted by Gasteiger charge is 2.10.